The Bertz CT molecular complexity index is 1660. The summed E-state index contributed by atoms with van der Waals surface area (Å²) in [4.78, 5) is 15.7. The summed E-state index contributed by atoms with van der Waals surface area (Å²) in [5.41, 5.74) is 1.23. The number of alkyl halides is 3. The first-order valence-electron chi connectivity index (χ1n) is 19.0. The summed E-state index contributed by atoms with van der Waals surface area (Å²) in [7, 11) is 1.56. The average Bonchev–Trinajstić information content (AvgIpc) is 3.19. The third kappa shape index (κ3) is 11.7. The predicted molar refractivity (Wildman–Crippen MR) is 212 cm³/mol. The Morgan fingerprint density at radius 2 is 1.37 bits per heavy atom. The molecule has 0 aliphatic carbocycles. The lowest BCUT2D eigenvalue weighted by atomic mass is 9.80. The second-order valence-electron chi connectivity index (χ2n) is 14.3. The van der Waals surface area contributed by atoms with Crippen molar-refractivity contribution in [2.75, 3.05) is 47.2 Å². The Hall–Kier alpha value is -3.80. The molecule has 312 valence electrons. The highest BCUT2D eigenvalue weighted by Gasteiger charge is 2.48. The Kier molecular flexibility index (Phi) is 17.1. The zero-order valence-corrected chi connectivity index (χ0v) is 34.7. The fraction of sp³-hybridized carbons (Fsp3) is 0.524. The van der Waals surface area contributed by atoms with E-state index in [-0.39, 0.29) is 51.0 Å². The van der Waals surface area contributed by atoms with E-state index in [0.29, 0.717) is 11.5 Å². The number of ether oxygens (including phenoxy) is 5. The summed E-state index contributed by atoms with van der Waals surface area (Å²) in [6.45, 7) is 19.1. The van der Waals surface area contributed by atoms with E-state index in [1.807, 2.05) is 113 Å². The highest BCUT2D eigenvalue weighted by atomic mass is 31.2. The van der Waals surface area contributed by atoms with Crippen LogP contribution < -0.4 is 14.8 Å². The molecule has 1 aliphatic heterocycles. The molecule has 57 heavy (non-hydrogen) atoms. The molecular weight excluding hydrogens is 762 g/mol. The molecule has 6 atom stereocenters. The van der Waals surface area contributed by atoms with Crippen LogP contribution in [0.4, 0.5) is 13.2 Å². The molecule has 4 rings (SSSR count). The molecule has 3 aromatic carbocycles. The van der Waals surface area contributed by atoms with Gasteiger partial charge >= 0.3 is 12.1 Å². The van der Waals surface area contributed by atoms with Gasteiger partial charge in [0.2, 0.25) is 6.54 Å². The summed E-state index contributed by atoms with van der Waals surface area (Å²) < 4.78 is 85.7. The van der Waals surface area contributed by atoms with Gasteiger partial charge in [-0.05, 0) is 80.5 Å². The summed E-state index contributed by atoms with van der Waals surface area (Å²) in [6.07, 6.45) is -7.03. The van der Waals surface area contributed by atoms with Crippen molar-refractivity contribution in [1.29, 1.82) is 0 Å². The predicted octanol–water partition coefficient (Wildman–Crippen LogP) is 8.37. The summed E-state index contributed by atoms with van der Waals surface area (Å²) >= 11 is 0. The molecule has 3 aromatic rings. The SMILES string of the molecule is [C-]#[N+]CCOP(OCC1OC(OCCOC(c2ccccc2)(c2ccc(OC)cc2)c2ccc(OC)cc2)C(NC(=O)C(F)(F)F)C(C)C1C)N(C(C)C)C(C)C. The molecule has 1 fully saturated rings. The smallest absolute Gasteiger partial charge is 0.471 e. The van der Waals surface area contributed by atoms with Gasteiger partial charge in [-0.15, -0.1) is 0 Å². The van der Waals surface area contributed by atoms with Gasteiger partial charge in [-0.1, -0.05) is 68.4 Å². The number of rotatable bonds is 20. The number of carbonyl (C=O) groups is 1. The number of hydrogen-bond donors (Lipinski definition) is 1. The van der Waals surface area contributed by atoms with Crippen LogP contribution in [0.5, 0.6) is 11.5 Å². The molecule has 0 bridgehead atoms. The standard InChI is InChI=1S/C42H55F3N3O8P/c1-28(2)48(29(3)4)57(54-24-23-46-7)55-27-37-30(5)31(6)38(47-40(49)42(43,44)45)39(56-37)52-25-26-53-41(32-13-11-10-12-14-32,33-15-19-35(50-8)20-16-33)34-17-21-36(51-9)22-18-34/h10-22,28-31,37-39H,23-27H2,1-6,8-9H3,(H,47,49). The summed E-state index contributed by atoms with van der Waals surface area (Å²) in [6, 6.07) is 23.6. The fourth-order valence-corrected chi connectivity index (χ4v) is 8.55. The van der Waals surface area contributed by atoms with E-state index in [4.69, 9.17) is 39.3 Å². The number of amides is 1. The van der Waals surface area contributed by atoms with E-state index in [2.05, 4.69) is 14.8 Å². The summed E-state index contributed by atoms with van der Waals surface area (Å²) in [5.74, 6) is -1.65. The van der Waals surface area contributed by atoms with Gasteiger partial charge in [0.05, 0.1) is 46.2 Å². The number of methoxy groups -OCH3 is 2. The molecule has 0 saturated carbocycles. The maximum atomic E-state index is 13.6. The molecule has 1 heterocycles. The second-order valence-corrected chi connectivity index (χ2v) is 15.8. The van der Waals surface area contributed by atoms with E-state index >= 15 is 0 Å². The van der Waals surface area contributed by atoms with Gasteiger partial charge in [-0.2, -0.15) is 13.2 Å². The van der Waals surface area contributed by atoms with Crippen LogP contribution in [-0.2, 0) is 33.7 Å². The highest BCUT2D eigenvalue weighted by Crippen LogP contribution is 2.47. The van der Waals surface area contributed by atoms with Gasteiger partial charge in [-0.3, -0.25) is 4.79 Å². The van der Waals surface area contributed by atoms with Crippen molar-refractivity contribution in [1.82, 2.24) is 9.99 Å². The molecule has 1 amide bonds. The first-order valence-corrected chi connectivity index (χ1v) is 20.1. The molecule has 0 radical (unpaired) electrons. The van der Waals surface area contributed by atoms with Crippen molar-refractivity contribution in [3.05, 3.63) is 107 Å². The number of carbonyl (C=O) groups excluding carboxylic acids is 1. The van der Waals surface area contributed by atoms with Gasteiger partial charge in [0.1, 0.15) is 23.7 Å². The van der Waals surface area contributed by atoms with E-state index < -0.39 is 50.6 Å². The van der Waals surface area contributed by atoms with Crippen LogP contribution >= 0.6 is 8.53 Å². The highest BCUT2D eigenvalue weighted by molar-refractivity contribution is 7.44. The lowest BCUT2D eigenvalue weighted by molar-refractivity contribution is -0.247. The quantitative estimate of drug-likeness (QED) is 0.0522. The number of hydrogen-bond acceptors (Lipinski definition) is 9. The normalized spacial score (nSPS) is 20.7. The van der Waals surface area contributed by atoms with Crippen molar-refractivity contribution in [3.63, 3.8) is 0 Å². The maximum Gasteiger partial charge on any atom is 0.471 e. The van der Waals surface area contributed by atoms with Crippen LogP contribution in [0.1, 0.15) is 58.2 Å². The first kappa shape index (κ1) is 45.9. The average molecular weight is 818 g/mol. The Balaban J connectivity index is 1.63. The summed E-state index contributed by atoms with van der Waals surface area (Å²) in [5, 5.41) is 2.14. The van der Waals surface area contributed by atoms with Crippen LogP contribution in [-0.4, -0.2) is 94.5 Å². The van der Waals surface area contributed by atoms with Crippen molar-refractivity contribution in [2.45, 2.75) is 83.8 Å². The minimum atomic E-state index is -5.11. The molecule has 6 unspecified atom stereocenters. The third-order valence-corrected chi connectivity index (χ3v) is 12.1. The number of nitrogens with one attached hydrogen (secondary N) is 1. The molecule has 1 N–H and O–H groups in total. The van der Waals surface area contributed by atoms with Crippen molar-refractivity contribution in [2.24, 2.45) is 11.8 Å². The largest absolute Gasteiger partial charge is 0.497 e. The molecule has 1 saturated heterocycles. The molecule has 1 aliphatic rings. The van der Waals surface area contributed by atoms with Crippen molar-refractivity contribution < 1.29 is 50.7 Å². The maximum absolute atomic E-state index is 13.6. The van der Waals surface area contributed by atoms with Gasteiger partial charge < -0.3 is 42.9 Å². The molecule has 15 heteroatoms. The lowest BCUT2D eigenvalue weighted by Crippen LogP contribution is -2.60. The number of halogens is 3. The van der Waals surface area contributed by atoms with Gasteiger partial charge in [0.15, 0.2) is 6.29 Å². The van der Waals surface area contributed by atoms with Crippen LogP contribution in [0, 0.1) is 18.4 Å². The third-order valence-electron chi connectivity index (χ3n) is 10.00. The lowest BCUT2D eigenvalue weighted by Gasteiger charge is -2.45. The van der Waals surface area contributed by atoms with E-state index in [1.54, 1.807) is 21.1 Å². The monoisotopic (exact) mass is 817 g/mol. The van der Waals surface area contributed by atoms with Crippen molar-refractivity contribution in [3.8, 4) is 11.5 Å². The Morgan fingerprint density at radius 3 is 1.86 bits per heavy atom. The Morgan fingerprint density at radius 1 is 0.825 bits per heavy atom. The zero-order valence-electron chi connectivity index (χ0n) is 33.8. The molecule has 11 nitrogen and oxygen atoms in total. The van der Waals surface area contributed by atoms with E-state index in [1.165, 1.54) is 0 Å². The van der Waals surface area contributed by atoms with Gasteiger partial charge in [0, 0.05) is 12.1 Å². The van der Waals surface area contributed by atoms with E-state index in [0.717, 1.165) is 16.7 Å². The zero-order chi connectivity index (χ0) is 41.8. The molecule has 0 spiro atoms. The molecule has 0 aromatic heterocycles. The fourth-order valence-electron chi connectivity index (χ4n) is 6.94. The molecular formula is C42H55F3N3O8P. The Labute approximate surface area is 335 Å². The minimum absolute atomic E-state index is 0.0320. The van der Waals surface area contributed by atoms with Crippen LogP contribution in [0.25, 0.3) is 4.85 Å². The van der Waals surface area contributed by atoms with Gasteiger partial charge in [-0.25, -0.2) is 11.2 Å². The van der Waals surface area contributed by atoms with Crippen LogP contribution in [0.3, 0.4) is 0 Å². The van der Waals surface area contributed by atoms with Crippen molar-refractivity contribution >= 4 is 14.4 Å². The second kappa shape index (κ2) is 21.3. The van der Waals surface area contributed by atoms with Gasteiger partial charge in [0.25, 0.3) is 8.53 Å². The first-order chi connectivity index (χ1) is 27.2. The minimum Gasteiger partial charge on any atom is -0.497 e. The number of benzene rings is 3. The van der Waals surface area contributed by atoms with E-state index in [9.17, 15) is 18.0 Å². The van der Waals surface area contributed by atoms with Crippen LogP contribution in [0.15, 0.2) is 78.9 Å². The van der Waals surface area contributed by atoms with Crippen LogP contribution in [0.2, 0.25) is 0 Å². The topological polar surface area (TPSA) is 101 Å². The number of nitrogens with zero attached hydrogens (tertiary/aromatic N) is 2.